The normalized spacial score (nSPS) is 11.4. The molecule has 0 aliphatic heterocycles. The summed E-state index contributed by atoms with van der Waals surface area (Å²) in [6.45, 7) is 3.57. The van der Waals surface area contributed by atoms with Crippen LogP contribution < -0.4 is 10.0 Å². The molecule has 0 aromatic heterocycles. The maximum Gasteiger partial charge on any atom is 0.261 e. The monoisotopic (exact) mass is 410 g/mol. The number of carbonyl (C=O) groups excluding carboxylic acids is 1. The highest BCUT2D eigenvalue weighted by molar-refractivity contribution is 7.99. The van der Waals surface area contributed by atoms with Gasteiger partial charge in [-0.3, -0.25) is 9.52 Å². The van der Waals surface area contributed by atoms with Crippen LogP contribution in [0.3, 0.4) is 0 Å². The number of rotatable bonds is 7. The van der Waals surface area contributed by atoms with Gasteiger partial charge in [-0.05, 0) is 48.9 Å². The highest BCUT2D eigenvalue weighted by Crippen LogP contribution is 2.30. The van der Waals surface area contributed by atoms with Gasteiger partial charge in [0.05, 0.1) is 10.6 Å². The molecule has 0 saturated carbocycles. The number of benzene rings is 2. The van der Waals surface area contributed by atoms with Gasteiger partial charge in [0.2, 0.25) is 5.91 Å². The van der Waals surface area contributed by atoms with Crippen molar-refractivity contribution in [3.8, 4) is 0 Å². The summed E-state index contributed by atoms with van der Waals surface area (Å²) in [5.74, 6) is -0.354. The van der Waals surface area contributed by atoms with E-state index in [0.29, 0.717) is 11.4 Å². The summed E-state index contributed by atoms with van der Waals surface area (Å²) in [5, 5.41) is 2.80. The Balaban J connectivity index is 2.35. The highest BCUT2D eigenvalue weighted by atomic mass is 32.2. The molecule has 0 atom stereocenters. The number of carbonyl (C=O) groups is 1. The zero-order valence-electron chi connectivity index (χ0n) is 15.1. The average Bonchev–Trinajstić information content (AvgIpc) is 2.61. The fraction of sp³-hybridized carbons (Fsp3) is 0.278. The van der Waals surface area contributed by atoms with Gasteiger partial charge in [0.15, 0.2) is 0 Å². The minimum absolute atomic E-state index is 0.101. The van der Waals surface area contributed by atoms with E-state index in [1.54, 1.807) is 38.1 Å². The van der Waals surface area contributed by atoms with Crippen LogP contribution in [0.1, 0.15) is 13.8 Å². The van der Waals surface area contributed by atoms with E-state index >= 15 is 0 Å². The Bertz CT molecular complexity index is 896. The molecule has 0 aliphatic carbocycles. The van der Waals surface area contributed by atoms with Gasteiger partial charge < -0.3 is 5.32 Å². The molecule has 1 amide bonds. The Hall–Kier alpha value is -1.64. The molecular weight excluding hydrogens is 388 g/mol. The molecule has 0 bridgehead atoms. The topological polar surface area (TPSA) is 75.3 Å². The molecule has 0 aliphatic rings. The van der Waals surface area contributed by atoms with Crippen molar-refractivity contribution >= 4 is 50.8 Å². The first-order valence-corrected chi connectivity index (χ1v) is 11.9. The van der Waals surface area contributed by atoms with Gasteiger partial charge in [-0.25, -0.2) is 8.42 Å². The lowest BCUT2D eigenvalue weighted by Crippen LogP contribution is -2.19. The predicted molar refractivity (Wildman–Crippen MR) is 111 cm³/mol. The second kappa shape index (κ2) is 8.83. The van der Waals surface area contributed by atoms with Crippen molar-refractivity contribution in [2.24, 2.45) is 5.92 Å². The lowest BCUT2D eigenvalue weighted by Gasteiger charge is -2.14. The van der Waals surface area contributed by atoms with Crippen LogP contribution in [0.4, 0.5) is 11.4 Å². The minimum Gasteiger partial charge on any atom is -0.325 e. The zero-order valence-corrected chi connectivity index (χ0v) is 17.5. The standard InChI is InChI=1S/C18H22N2O3S3/c1-12(2)18(21)19-16-11-15(8-9-17(16)25-4)26(22,23)20-13-6-5-7-14(10-13)24-3/h5-12,20H,1-4H3,(H,19,21). The van der Waals surface area contributed by atoms with Gasteiger partial charge in [-0.2, -0.15) is 0 Å². The lowest BCUT2D eigenvalue weighted by molar-refractivity contribution is -0.118. The summed E-state index contributed by atoms with van der Waals surface area (Å²) < 4.78 is 28.1. The predicted octanol–water partition coefficient (Wildman–Crippen LogP) is 4.53. The second-order valence-corrected chi connectivity index (χ2v) is 9.25. The summed E-state index contributed by atoms with van der Waals surface area (Å²) in [6, 6.07) is 11.9. The average molecular weight is 411 g/mol. The van der Waals surface area contributed by atoms with Crippen molar-refractivity contribution in [2.75, 3.05) is 22.6 Å². The number of hydrogen-bond donors (Lipinski definition) is 2. The third kappa shape index (κ3) is 5.18. The molecule has 8 heteroatoms. The number of anilines is 2. The largest absolute Gasteiger partial charge is 0.325 e. The summed E-state index contributed by atoms with van der Waals surface area (Å²) >= 11 is 2.98. The van der Waals surface area contributed by atoms with Crippen molar-refractivity contribution < 1.29 is 13.2 Å². The van der Waals surface area contributed by atoms with E-state index < -0.39 is 10.0 Å². The number of amides is 1. The van der Waals surface area contributed by atoms with Gasteiger partial charge in [0.25, 0.3) is 10.0 Å². The maximum absolute atomic E-state index is 12.7. The van der Waals surface area contributed by atoms with Crippen LogP contribution in [0.15, 0.2) is 57.2 Å². The highest BCUT2D eigenvalue weighted by Gasteiger charge is 2.18. The molecular formula is C18H22N2O3S3. The molecule has 0 saturated heterocycles. The third-order valence-electron chi connectivity index (χ3n) is 3.59. The minimum atomic E-state index is -3.76. The van der Waals surface area contributed by atoms with E-state index in [4.69, 9.17) is 0 Å². The lowest BCUT2D eigenvalue weighted by atomic mass is 10.2. The summed E-state index contributed by atoms with van der Waals surface area (Å²) in [4.78, 5) is 13.9. The smallest absolute Gasteiger partial charge is 0.261 e. The first-order chi connectivity index (χ1) is 12.3. The van der Waals surface area contributed by atoms with E-state index in [1.807, 2.05) is 18.6 Å². The fourth-order valence-electron chi connectivity index (χ4n) is 2.13. The van der Waals surface area contributed by atoms with Gasteiger partial charge in [0.1, 0.15) is 0 Å². The van der Waals surface area contributed by atoms with E-state index in [1.165, 1.54) is 35.7 Å². The molecule has 0 spiro atoms. The Morgan fingerprint density at radius 1 is 1.04 bits per heavy atom. The molecule has 5 nitrogen and oxygen atoms in total. The van der Waals surface area contributed by atoms with E-state index in [2.05, 4.69) is 10.0 Å². The SMILES string of the molecule is CSc1cccc(NS(=O)(=O)c2ccc(SC)c(NC(=O)C(C)C)c2)c1. The third-order valence-corrected chi connectivity index (χ3v) is 6.49. The number of hydrogen-bond acceptors (Lipinski definition) is 5. The quantitative estimate of drug-likeness (QED) is 0.656. The number of sulfonamides is 1. The van der Waals surface area contributed by atoms with Gasteiger partial charge in [0, 0.05) is 21.4 Å². The van der Waals surface area contributed by atoms with Crippen LogP contribution >= 0.6 is 23.5 Å². The Labute approximate surface area is 163 Å². The van der Waals surface area contributed by atoms with Gasteiger partial charge in [-0.15, -0.1) is 23.5 Å². The molecule has 2 aromatic carbocycles. The number of thioether (sulfide) groups is 2. The van der Waals surface area contributed by atoms with Crippen molar-refractivity contribution in [2.45, 2.75) is 28.5 Å². The molecule has 2 aromatic rings. The molecule has 2 N–H and O–H groups in total. The Kier molecular flexibility index (Phi) is 7.02. The van der Waals surface area contributed by atoms with Crippen LogP contribution in [-0.2, 0) is 14.8 Å². The van der Waals surface area contributed by atoms with Crippen molar-refractivity contribution in [1.82, 2.24) is 0 Å². The molecule has 2 rings (SSSR count). The van der Waals surface area contributed by atoms with Crippen LogP contribution in [0.5, 0.6) is 0 Å². The zero-order chi connectivity index (χ0) is 19.3. The maximum atomic E-state index is 12.7. The van der Waals surface area contributed by atoms with E-state index in [0.717, 1.165) is 9.79 Å². The molecule has 0 heterocycles. The van der Waals surface area contributed by atoms with Gasteiger partial charge in [-0.1, -0.05) is 19.9 Å². The molecule has 0 unspecified atom stereocenters. The van der Waals surface area contributed by atoms with E-state index in [-0.39, 0.29) is 16.7 Å². The van der Waals surface area contributed by atoms with Crippen molar-refractivity contribution in [3.63, 3.8) is 0 Å². The Morgan fingerprint density at radius 2 is 1.77 bits per heavy atom. The molecule has 140 valence electrons. The van der Waals surface area contributed by atoms with Crippen LogP contribution in [0, 0.1) is 5.92 Å². The van der Waals surface area contributed by atoms with Crippen LogP contribution in [0.25, 0.3) is 0 Å². The van der Waals surface area contributed by atoms with Crippen molar-refractivity contribution in [3.05, 3.63) is 42.5 Å². The second-order valence-electron chi connectivity index (χ2n) is 5.84. The fourth-order valence-corrected chi connectivity index (χ4v) is 4.20. The number of nitrogens with one attached hydrogen (secondary N) is 2. The van der Waals surface area contributed by atoms with Crippen LogP contribution in [-0.4, -0.2) is 26.8 Å². The first kappa shape index (κ1) is 20.7. The molecule has 0 fully saturated rings. The molecule has 0 radical (unpaired) electrons. The summed E-state index contributed by atoms with van der Waals surface area (Å²) in [6.07, 6.45) is 3.80. The summed E-state index contributed by atoms with van der Waals surface area (Å²) in [7, 11) is -3.76. The van der Waals surface area contributed by atoms with E-state index in [9.17, 15) is 13.2 Å². The molecule has 26 heavy (non-hydrogen) atoms. The Morgan fingerprint density at radius 3 is 2.38 bits per heavy atom. The first-order valence-electron chi connectivity index (χ1n) is 7.92. The summed E-state index contributed by atoms with van der Waals surface area (Å²) in [5.41, 5.74) is 0.996. The van der Waals surface area contributed by atoms with Crippen molar-refractivity contribution in [1.29, 1.82) is 0 Å². The van der Waals surface area contributed by atoms with Crippen LogP contribution in [0.2, 0.25) is 0 Å². The van der Waals surface area contributed by atoms with Gasteiger partial charge >= 0.3 is 0 Å².